The summed E-state index contributed by atoms with van der Waals surface area (Å²) < 4.78 is 4.43. The van der Waals surface area contributed by atoms with Gasteiger partial charge in [0.1, 0.15) is 5.71 Å². The number of rotatable bonds is 5. The van der Waals surface area contributed by atoms with Gasteiger partial charge in [-0.2, -0.15) is 0 Å². The zero-order valence-electron chi connectivity index (χ0n) is 8.68. The first-order valence-corrected chi connectivity index (χ1v) is 4.24. The Bertz CT molecular complexity index is 259. The van der Waals surface area contributed by atoms with E-state index in [1.165, 1.54) is 7.11 Å². The standard InChI is InChI=1S/C9H16N2O3/c1-6(11-2)7(4-5-12)8(10)9(13)14-3/h10-12H,4-5H2,1-3H3/b7-6-,10-8?. The first kappa shape index (κ1) is 12.6. The summed E-state index contributed by atoms with van der Waals surface area (Å²) in [6, 6.07) is 0. The Labute approximate surface area is 83.3 Å². The van der Waals surface area contributed by atoms with E-state index in [0.717, 1.165) is 0 Å². The molecule has 0 amide bonds. The molecule has 0 aromatic heterocycles. The number of aliphatic hydroxyl groups is 1. The lowest BCUT2D eigenvalue weighted by Crippen LogP contribution is -2.21. The summed E-state index contributed by atoms with van der Waals surface area (Å²) in [6.07, 6.45) is 0.264. The van der Waals surface area contributed by atoms with Crippen LogP contribution in [0.5, 0.6) is 0 Å². The highest BCUT2D eigenvalue weighted by atomic mass is 16.5. The van der Waals surface area contributed by atoms with Gasteiger partial charge in [0.15, 0.2) is 0 Å². The molecule has 0 spiro atoms. The van der Waals surface area contributed by atoms with Crippen molar-refractivity contribution in [2.75, 3.05) is 20.8 Å². The van der Waals surface area contributed by atoms with Crippen molar-refractivity contribution in [1.82, 2.24) is 5.32 Å². The number of carbonyl (C=O) groups is 1. The van der Waals surface area contributed by atoms with Crippen molar-refractivity contribution in [3.63, 3.8) is 0 Å². The summed E-state index contributed by atoms with van der Waals surface area (Å²) in [6.45, 7) is 1.64. The maximum atomic E-state index is 11.1. The van der Waals surface area contributed by atoms with Crippen LogP contribution in [0.15, 0.2) is 11.3 Å². The van der Waals surface area contributed by atoms with Crippen LogP contribution in [-0.2, 0) is 9.53 Å². The number of ether oxygens (including phenoxy) is 1. The number of allylic oxidation sites excluding steroid dienone is 1. The van der Waals surface area contributed by atoms with Crippen LogP contribution in [-0.4, -0.2) is 37.6 Å². The quantitative estimate of drug-likeness (QED) is 0.433. The molecule has 80 valence electrons. The third-order valence-electron chi connectivity index (χ3n) is 1.88. The summed E-state index contributed by atoms with van der Waals surface area (Å²) in [5, 5.41) is 19.1. The molecular formula is C9H16N2O3. The zero-order valence-corrected chi connectivity index (χ0v) is 8.68. The SMILES string of the molecule is CN/C(C)=C(/CCO)C(=N)C(=O)OC. The summed E-state index contributed by atoms with van der Waals surface area (Å²) in [7, 11) is 2.92. The van der Waals surface area contributed by atoms with E-state index in [-0.39, 0.29) is 18.7 Å². The lowest BCUT2D eigenvalue weighted by molar-refractivity contribution is -0.132. The molecule has 0 radical (unpaired) electrons. The van der Waals surface area contributed by atoms with Crippen LogP contribution in [0, 0.1) is 5.41 Å². The van der Waals surface area contributed by atoms with Gasteiger partial charge in [-0.05, 0) is 13.3 Å². The minimum Gasteiger partial charge on any atom is -0.464 e. The second-order valence-corrected chi connectivity index (χ2v) is 2.69. The number of hydrogen-bond acceptors (Lipinski definition) is 5. The monoisotopic (exact) mass is 200 g/mol. The van der Waals surface area contributed by atoms with E-state index in [0.29, 0.717) is 11.3 Å². The van der Waals surface area contributed by atoms with Gasteiger partial charge in [-0.15, -0.1) is 0 Å². The van der Waals surface area contributed by atoms with E-state index in [9.17, 15) is 4.79 Å². The molecule has 0 atom stereocenters. The number of nitrogens with one attached hydrogen (secondary N) is 2. The lowest BCUT2D eigenvalue weighted by atomic mass is 10.1. The fourth-order valence-electron chi connectivity index (χ4n) is 0.988. The Morgan fingerprint density at radius 3 is 2.50 bits per heavy atom. The molecule has 0 aliphatic carbocycles. The maximum absolute atomic E-state index is 11.1. The van der Waals surface area contributed by atoms with Crippen molar-refractivity contribution in [3.8, 4) is 0 Å². The van der Waals surface area contributed by atoms with Gasteiger partial charge in [0, 0.05) is 24.9 Å². The van der Waals surface area contributed by atoms with E-state index in [2.05, 4.69) is 10.1 Å². The normalized spacial score (nSPS) is 11.7. The molecule has 0 saturated heterocycles. The third-order valence-corrected chi connectivity index (χ3v) is 1.88. The van der Waals surface area contributed by atoms with Gasteiger partial charge in [-0.25, -0.2) is 4.79 Å². The second-order valence-electron chi connectivity index (χ2n) is 2.69. The Morgan fingerprint density at radius 1 is 1.57 bits per heavy atom. The summed E-state index contributed by atoms with van der Waals surface area (Å²) in [5.41, 5.74) is 0.949. The van der Waals surface area contributed by atoms with E-state index < -0.39 is 5.97 Å². The fourth-order valence-corrected chi connectivity index (χ4v) is 0.988. The van der Waals surface area contributed by atoms with E-state index in [4.69, 9.17) is 10.5 Å². The van der Waals surface area contributed by atoms with Crippen LogP contribution in [0.4, 0.5) is 0 Å². The Kier molecular flexibility index (Phi) is 5.55. The van der Waals surface area contributed by atoms with Gasteiger partial charge < -0.3 is 15.2 Å². The largest absolute Gasteiger partial charge is 0.464 e. The topological polar surface area (TPSA) is 82.4 Å². The fraction of sp³-hybridized carbons (Fsp3) is 0.556. The van der Waals surface area contributed by atoms with Crippen molar-refractivity contribution in [2.45, 2.75) is 13.3 Å². The zero-order chi connectivity index (χ0) is 11.1. The summed E-state index contributed by atoms with van der Waals surface area (Å²) in [5.74, 6) is -0.692. The molecule has 0 bridgehead atoms. The van der Waals surface area contributed by atoms with E-state index >= 15 is 0 Å². The molecule has 0 fully saturated rings. The van der Waals surface area contributed by atoms with Crippen LogP contribution in [0.2, 0.25) is 0 Å². The van der Waals surface area contributed by atoms with Gasteiger partial charge in [0.25, 0.3) is 0 Å². The van der Waals surface area contributed by atoms with Gasteiger partial charge in [0.2, 0.25) is 0 Å². The van der Waals surface area contributed by atoms with Crippen molar-refractivity contribution in [2.24, 2.45) is 0 Å². The molecular weight excluding hydrogens is 184 g/mol. The number of aliphatic hydroxyl groups excluding tert-OH is 1. The second kappa shape index (κ2) is 6.15. The minimum absolute atomic E-state index is 0.103. The lowest BCUT2D eigenvalue weighted by Gasteiger charge is -2.10. The number of carbonyl (C=O) groups excluding carboxylic acids is 1. The molecule has 0 rings (SSSR count). The highest BCUT2D eigenvalue weighted by Gasteiger charge is 2.16. The predicted octanol–water partition coefficient (Wildman–Crippen LogP) is 0.0550. The molecule has 0 aliphatic heterocycles. The molecule has 0 unspecified atom stereocenters. The molecule has 0 aromatic carbocycles. The van der Waals surface area contributed by atoms with Crippen LogP contribution in [0.25, 0.3) is 0 Å². The van der Waals surface area contributed by atoms with Crippen LogP contribution in [0.1, 0.15) is 13.3 Å². The summed E-state index contributed by atoms with van der Waals surface area (Å²) in [4.78, 5) is 11.1. The molecule has 5 heteroatoms. The maximum Gasteiger partial charge on any atom is 0.356 e. The van der Waals surface area contributed by atoms with Crippen molar-refractivity contribution < 1.29 is 14.6 Å². The number of hydrogen-bond donors (Lipinski definition) is 3. The average Bonchev–Trinajstić information content (AvgIpc) is 2.22. The molecule has 0 saturated carbocycles. The van der Waals surface area contributed by atoms with Crippen LogP contribution < -0.4 is 5.32 Å². The van der Waals surface area contributed by atoms with Crippen molar-refractivity contribution in [1.29, 1.82) is 5.41 Å². The third kappa shape index (κ3) is 3.18. The molecule has 0 aliphatic rings. The molecule has 3 N–H and O–H groups in total. The van der Waals surface area contributed by atoms with E-state index in [1.54, 1.807) is 14.0 Å². The van der Waals surface area contributed by atoms with E-state index in [1.807, 2.05) is 0 Å². The molecule has 0 aromatic rings. The Morgan fingerprint density at radius 2 is 2.14 bits per heavy atom. The van der Waals surface area contributed by atoms with Crippen molar-refractivity contribution >= 4 is 11.7 Å². The minimum atomic E-state index is -0.692. The van der Waals surface area contributed by atoms with Gasteiger partial charge >= 0.3 is 5.97 Å². The highest BCUT2D eigenvalue weighted by molar-refractivity contribution is 6.42. The molecule has 0 heterocycles. The highest BCUT2D eigenvalue weighted by Crippen LogP contribution is 2.08. The number of esters is 1. The predicted molar refractivity (Wildman–Crippen MR) is 53.2 cm³/mol. The average molecular weight is 200 g/mol. The van der Waals surface area contributed by atoms with Gasteiger partial charge in [0.05, 0.1) is 7.11 Å². The van der Waals surface area contributed by atoms with Crippen LogP contribution in [0.3, 0.4) is 0 Å². The van der Waals surface area contributed by atoms with Crippen LogP contribution >= 0.6 is 0 Å². The number of methoxy groups -OCH3 is 1. The molecule has 14 heavy (non-hydrogen) atoms. The Hall–Kier alpha value is -1.36. The first-order valence-electron chi connectivity index (χ1n) is 4.24. The Balaban J connectivity index is 4.84. The first-order chi connectivity index (χ1) is 6.58. The summed E-state index contributed by atoms with van der Waals surface area (Å²) >= 11 is 0. The molecule has 5 nitrogen and oxygen atoms in total. The van der Waals surface area contributed by atoms with Gasteiger partial charge in [-0.1, -0.05) is 0 Å². The smallest absolute Gasteiger partial charge is 0.356 e. The van der Waals surface area contributed by atoms with Crippen molar-refractivity contribution in [3.05, 3.63) is 11.3 Å². The van der Waals surface area contributed by atoms with Gasteiger partial charge in [-0.3, -0.25) is 5.41 Å².